The van der Waals surface area contributed by atoms with Gasteiger partial charge in [0.2, 0.25) is 11.8 Å². The maximum absolute atomic E-state index is 14.0. The first-order chi connectivity index (χ1) is 26.2. The van der Waals surface area contributed by atoms with E-state index in [9.17, 15) is 33.0 Å². The van der Waals surface area contributed by atoms with E-state index in [4.69, 9.17) is 16.3 Å². The lowest BCUT2D eigenvalue weighted by molar-refractivity contribution is -0.144. The number of piperazine rings is 1. The van der Waals surface area contributed by atoms with Crippen LogP contribution in [0.5, 0.6) is 5.75 Å². The van der Waals surface area contributed by atoms with Crippen LogP contribution in [-0.2, 0) is 21.5 Å². The van der Waals surface area contributed by atoms with Crippen molar-refractivity contribution in [3.05, 3.63) is 101 Å². The molecule has 0 unspecified atom stereocenters. The van der Waals surface area contributed by atoms with Crippen LogP contribution >= 0.6 is 11.6 Å². The number of aromatic amines is 1. The number of H-pyrrole nitrogens is 1. The number of aliphatic hydroxyl groups is 2. The van der Waals surface area contributed by atoms with Gasteiger partial charge in [0.1, 0.15) is 31.0 Å². The molecule has 16 heteroatoms. The zero-order valence-corrected chi connectivity index (χ0v) is 31.2. The van der Waals surface area contributed by atoms with E-state index >= 15 is 0 Å². The van der Waals surface area contributed by atoms with Gasteiger partial charge >= 0.3 is 6.18 Å². The molecule has 12 nitrogen and oxygen atoms in total. The zero-order valence-electron chi connectivity index (χ0n) is 30.5. The number of β-amino-alcohol motifs (C(OH)–C–C–N with tert-alkyl or cyclic N) is 1. The van der Waals surface area contributed by atoms with E-state index in [1.54, 1.807) is 41.4 Å². The number of para-hydroxylation sites is 1. The van der Waals surface area contributed by atoms with Gasteiger partial charge in [0.15, 0.2) is 0 Å². The minimum Gasteiger partial charge on any atom is -0.490 e. The SMILES string of the molecule is CC(C)(c1cc(-c2cncc(Cl)c2)[nH]n1)N1CCN(C[C@@H](O)C[C@@H](Cc2ccccc2)C(=O)N[C@H]2c3ccccc3OC[C@H]2O)[C@H](C(=O)NCC(F)(F)F)C1. The predicted octanol–water partition coefficient (Wildman–Crippen LogP) is 4.25. The van der Waals surface area contributed by atoms with Gasteiger partial charge in [0.05, 0.1) is 34.1 Å². The molecule has 2 aliphatic heterocycles. The number of fused-ring (bicyclic) bond motifs is 1. The Kier molecular flexibility index (Phi) is 12.5. The molecule has 2 aliphatic rings. The smallest absolute Gasteiger partial charge is 0.405 e. The Hall–Kier alpha value is -4.54. The molecule has 4 heterocycles. The van der Waals surface area contributed by atoms with E-state index < -0.39 is 54.4 Å². The van der Waals surface area contributed by atoms with Crippen molar-refractivity contribution in [1.29, 1.82) is 0 Å². The lowest BCUT2D eigenvalue weighted by Crippen LogP contribution is -2.63. The van der Waals surface area contributed by atoms with Crippen molar-refractivity contribution in [2.75, 3.05) is 39.3 Å². The van der Waals surface area contributed by atoms with E-state index in [0.29, 0.717) is 34.3 Å². The number of hydrogen-bond donors (Lipinski definition) is 5. The van der Waals surface area contributed by atoms with Gasteiger partial charge in [-0.25, -0.2) is 0 Å². The van der Waals surface area contributed by atoms with Gasteiger partial charge in [-0.05, 0) is 50.5 Å². The Morgan fingerprint density at radius 1 is 1.07 bits per heavy atom. The molecule has 294 valence electrons. The van der Waals surface area contributed by atoms with Crippen LogP contribution in [0.1, 0.15) is 43.1 Å². The fraction of sp³-hybridized carbons (Fsp3) is 0.436. The standard InChI is InChI=1S/C39H45ClF3N7O5/c1-38(2,34-17-30(47-48-34)26-15-27(40)19-44-18-26)50-13-12-49(31(21-50)37(54)45-23-39(41,42)43)20-28(51)16-25(14-24-8-4-3-5-9-24)36(53)46-35-29-10-6-7-11-33(29)55-22-32(35)52/h3-11,15,17-19,25,28,31-32,35,51-52H,12-14,16,20-23H2,1-2H3,(H,45,54)(H,46,53)(H,47,48)/t25-,28+,31+,32-,35+/m1/s1. The Labute approximate surface area is 322 Å². The number of carbonyl (C=O) groups is 2. The average Bonchev–Trinajstić information content (AvgIpc) is 3.67. The third kappa shape index (κ3) is 10.0. The summed E-state index contributed by atoms with van der Waals surface area (Å²) in [6.45, 7) is 2.93. The second kappa shape index (κ2) is 17.1. The third-order valence-corrected chi connectivity index (χ3v) is 10.5. The minimum absolute atomic E-state index is 0.00476. The van der Waals surface area contributed by atoms with Crippen LogP contribution in [-0.4, -0.2) is 111 Å². The predicted molar refractivity (Wildman–Crippen MR) is 199 cm³/mol. The van der Waals surface area contributed by atoms with Crippen molar-refractivity contribution in [3.63, 3.8) is 0 Å². The molecule has 0 spiro atoms. The lowest BCUT2D eigenvalue weighted by atomic mass is 9.90. The van der Waals surface area contributed by atoms with Gasteiger partial charge in [-0.3, -0.25) is 29.5 Å². The van der Waals surface area contributed by atoms with E-state index in [-0.39, 0.29) is 45.0 Å². The van der Waals surface area contributed by atoms with E-state index in [2.05, 4.69) is 20.5 Å². The highest BCUT2D eigenvalue weighted by molar-refractivity contribution is 6.30. The molecule has 2 aromatic carbocycles. The van der Waals surface area contributed by atoms with Crippen LogP contribution in [0.4, 0.5) is 13.2 Å². The molecule has 2 aromatic heterocycles. The van der Waals surface area contributed by atoms with Crippen molar-refractivity contribution in [2.24, 2.45) is 5.92 Å². The molecule has 5 atom stereocenters. The minimum atomic E-state index is -4.62. The molecule has 1 saturated heterocycles. The highest BCUT2D eigenvalue weighted by Gasteiger charge is 2.42. The molecule has 0 radical (unpaired) electrons. The first-order valence-electron chi connectivity index (χ1n) is 18.1. The number of rotatable bonds is 13. The van der Waals surface area contributed by atoms with Crippen LogP contribution in [0.3, 0.4) is 0 Å². The molecule has 4 aromatic rings. The van der Waals surface area contributed by atoms with Crippen LogP contribution in [0.2, 0.25) is 5.02 Å². The number of nitrogens with one attached hydrogen (secondary N) is 3. The topological polar surface area (TPSA) is 156 Å². The molecule has 2 amide bonds. The molecule has 0 aliphatic carbocycles. The quantitative estimate of drug-likeness (QED) is 0.134. The fourth-order valence-electron chi connectivity index (χ4n) is 7.25. The highest BCUT2D eigenvalue weighted by Crippen LogP contribution is 2.34. The van der Waals surface area contributed by atoms with Gasteiger partial charge in [-0.1, -0.05) is 60.1 Å². The first kappa shape index (κ1) is 40.1. The first-order valence-corrected chi connectivity index (χ1v) is 18.5. The number of nitrogens with zero attached hydrogens (tertiary/aromatic N) is 4. The molecule has 5 N–H and O–H groups in total. The van der Waals surface area contributed by atoms with Crippen LogP contribution in [0.25, 0.3) is 11.3 Å². The Balaban J connectivity index is 1.19. The number of halogens is 4. The van der Waals surface area contributed by atoms with Crippen LogP contribution in [0.15, 0.2) is 79.1 Å². The molecule has 0 bridgehead atoms. The Morgan fingerprint density at radius 2 is 1.82 bits per heavy atom. The van der Waals surface area contributed by atoms with Gasteiger partial charge in [0.25, 0.3) is 0 Å². The number of alkyl halides is 3. The summed E-state index contributed by atoms with van der Waals surface area (Å²) in [7, 11) is 0. The summed E-state index contributed by atoms with van der Waals surface area (Å²) in [4.78, 5) is 35.2. The maximum atomic E-state index is 14.0. The van der Waals surface area contributed by atoms with Gasteiger partial charge in [-0.15, -0.1) is 0 Å². The van der Waals surface area contributed by atoms with Crippen molar-refractivity contribution in [3.8, 4) is 17.0 Å². The summed E-state index contributed by atoms with van der Waals surface area (Å²) in [5.74, 6) is -1.41. The number of aliphatic hydroxyl groups excluding tert-OH is 2. The number of pyridine rings is 1. The summed E-state index contributed by atoms with van der Waals surface area (Å²) in [6.07, 6.45) is -3.34. The number of aromatic nitrogens is 3. The van der Waals surface area contributed by atoms with Gasteiger partial charge in [0, 0.05) is 55.6 Å². The molecule has 55 heavy (non-hydrogen) atoms. The van der Waals surface area contributed by atoms with Crippen LogP contribution < -0.4 is 15.4 Å². The largest absolute Gasteiger partial charge is 0.490 e. The van der Waals surface area contributed by atoms with E-state index in [0.717, 1.165) is 11.1 Å². The normalized spacial score (nSPS) is 20.5. The van der Waals surface area contributed by atoms with Crippen molar-refractivity contribution in [1.82, 2.24) is 35.6 Å². The van der Waals surface area contributed by atoms with Crippen molar-refractivity contribution < 1.29 is 37.7 Å². The van der Waals surface area contributed by atoms with Gasteiger partial charge in [-0.2, -0.15) is 18.3 Å². The average molecular weight is 784 g/mol. The third-order valence-electron chi connectivity index (χ3n) is 10.3. The van der Waals surface area contributed by atoms with Crippen molar-refractivity contribution in [2.45, 2.75) is 62.7 Å². The number of hydrogen-bond acceptors (Lipinski definition) is 9. The van der Waals surface area contributed by atoms with Crippen molar-refractivity contribution >= 4 is 23.4 Å². The molecule has 1 fully saturated rings. The molecular weight excluding hydrogens is 739 g/mol. The summed E-state index contributed by atoms with van der Waals surface area (Å²) >= 11 is 6.13. The number of benzene rings is 2. The summed E-state index contributed by atoms with van der Waals surface area (Å²) in [5, 5.41) is 35.3. The Bertz CT molecular complexity index is 1930. The summed E-state index contributed by atoms with van der Waals surface area (Å²) < 4.78 is 45.4. The zero-order chi connectivity index (χ0) is 39.3. The maximum Gasteiger partial charge on any atom is 0.405 e. The lowest BCUT2D eigenvalue weighted by Gasteiger charge is -2.47. The fourth-order valence-corrected chi connectivity index (χ4v) is 7.43. The molecule has 0 saturated carbocycles. The monoisotopic (exact) mass is 783 g/mol. The van der Waals surface area contributed by atoms with Gasteiger partial charge < -0.3 is 25.6 Å². The Morgan fingerprint density at radius 3 is 2.56 bits per heavy atom. The molecular formula is C39H45ClF3N7O5. The second-order valence-corrected chi connectivity index (χ2v) is 15.0. The molecule has 6 rings (SSSR count). The highest BCUT2D eigenvalue weighted by atomic mass is 35.5. The van der Waals surface area contributed by atoms with E-state index in [1.165, 1.54) is 6.20 Å². The second-order valence-electron chi connectivity index (χ2n) is 14.6. The summed E-state index contributed by atoms with van der Waals surface area (Å²) in [6, 6.07) is 18.2. The number of ether oxygens (including phenoxy) is 1. The van der Waals surface area contributed by atoms with Crippen LogP contribution in [0, 0.1) is 5.92 Å². The number of carbonyl (C=O) groups excluding carboxylic acids is 2. The van der Waals surface area contributed by atoms with E-state index in [1.807, 2.05) is 60.5 Å². The number of amides is 2. The summed E-state index contributed by atoms with van der Waals surface area (Å²) in [5.41, 5.74) is 2.76.